The summed E-state index contributed by atoms with van der Waals surface area (Å²) in [6.07, 6.45) is 1.56. The van der Waals surface area contributed by atoms with Crippen LogP contribution in [0.15, 0.2) is 23.4 Å². The lowest BCUT2D eigenvalue weighted by molar-refractivity contribution is 0.425. The molecule has 0 radical (unpaired) electrons. The first kappa shape index (κ1) is 15.9. The second kappa shape index (κ2) is 5.88. The Morgan fingerprint density at radius 3 is 2.32 bits per heavy atom. The quantitative estimate of drug-likeness (QED) is 0.891. The van der Waals surface area contributed by atoms with Crippen LogP contribution in [0.25, 0.3) is 0 Å². The molecule has 1 rings (SSSR count). The van der Waals surface area contributed by atoms with Gasteiger partial charge in [0.15, 0.2) is 14.9 Å². The Balaban J connectivity index is 2.78. The topological polar surface area (TPSA) is 62.3 Å². The second-order valence-electron chi connectivity index (χ2n) is 5.73. The van der Waals surface area contributed by atoms with Crippen LogP contribution in [0.4, 0.5) is 5.69 Å². The summed E-state index contributed by atoms with van der Waals surface area (Å²) in [4.78, 5) is 6.12. The molecule has 0 aliphatic rings. The molecule has 0 saturated carbocycles. The zero-order valence-electron chi connectivity index (χ0n) is 12.3. The van der Waals surface area contributed by atoms with Crippen molar-refractivity contribution >= 4 is 15.5 Å². The molecular weight excluding hydrogens is 262 g/mol. The smallest absolute Gasteiger partial charge is 0.200 e. The van der Waals surface area contributed by atoms with E-state index in [2.05, 4.69) is 15.2 Å². The number of sulfone groups is 1. The molecule has 5 nitrogen and oxygen atoms in total. The first-order chi connectivity index (χ1) is 8.64. The first-order valence-electron chi connectivity index (χ1n) is 6.24. The van der Waals surface area contributed by atoms with E-state index in [1.54, 1.807) is 39.1 Å². The average molecular weight is 285 g/mol. The number of nitrogens with zero attached hydrogens (tertiary/aromatic N) is 2. The molecule has 108 valence electrons. The monoisotopic (exact) mass is 285 g/mol. The SMILES string of the molecule is CN(C)CCNc1ccc(S(=O)(=O)C(C)(C)C)nc1. The Morgan fingerprint density at radius 1 is 1.26 bits per heavy atom. The van der Waals surface area contributed by atoms with Crippen LogP contribution in [0.3, 0.4) is 0 Å². The number of rotatable bonds is 5. The highest BCUT2D eigenvalue weighted by Gasteiger charge is 2.31. The van der Waals surface area contributed by atoms with Crippen LogP contribution in [-0.2, 0) is 9.84 Å². The van der Waals surface area contributed by atoms with Crippen molar-refractivity contribution in [2.45, 2.75) is 30.5 Å². The minimum atomic E-state index is -3.37. The molecule has 1 N–H and O–H groups in total. The summed E-state index contributed by atoms with van der Waals surface area (Å²) in [5.41, 5.74) is 0.828. The van der Waals surface area contributed by atoms with Crippen molar-refractivity contribution in [2.24, 2.45) is 0 Å². The van der Waals surface area contributed by atoms with Crippen LogP contribution in [0.2, 0.25) is 0 Å². The highest BCUT2D eigenvalue weighted by atomic mass is 32.2. The zero-order chi connectivity index (χ0) is 14.7. The van der Waals surface area contributed by atoms with E-state index < -0.39 is 14.6 Å². The molecule has 0 aromatic carbocycles. The molecule has 0 spiro atoms. The molecule has 0 aliphatic carbocycles. The van der Waals surface area contributed by atoms with Crippen LogP contribution in [0, 0.1) is 0 Å². The van der Waals surface area contributed by atoms with E-state index in [9.17, 15) is 8.42 Å². The lowest BCUT2D eigenvalue weighted by Crippen LogP contribution is -2.28. The summed E-state index contributed by atoms with van der Waals surface area (Å²) in [5, 5.41) is 3.32. The largest absolute Gasteiger partial charge is 0.383 e. The number of aromatic nitrogens is 1. The van der Waals surface area contributed by atoms with Crippen molar-refractivity contribution < 1.29 is 8.42 Å². The van der Waals surface area contributed by atoms with Gasteiger partial charge in [-0.1, -0.05) is 0 Å². The summed E-state index contributed by atoms with van der Waals surface area (Å²) < 4.78 is 23.5. The molecule has 0 fully saturated rings. The minimum Gasteiger partial charge on any atom is -0.383 e. The van der Waals surface area contributed by atoms with Crippen LogP contribution in [0.5, 0.6) is 0 Å². The van der Waals surface area contributed by atoms with E-state index in [4.69, 9.17) is 0 Å². The fourth-order valence-corrected chi connectivity index (χ4v) is 2.45. The average Bonchev–Trinajstić information content (AvgIpc) is 2.27. The van der Waals surface area contributed by atoms with E-state index in [1.807, 2.05) is 14.1 Å². The highest BCUT2D eigenvalue weighted by molar-refractivity contribution is 7.92. The van der Waals surface area contributed by atoms with Crippen molar-refractivity contribution in [3.8, 4) is 0 Å². The molecule has 1 aromatic rings. The fourth-order valence-electron chi connectivity index (χ4n) is 1.38. The number of hydrogen-bond acceptors (Lipinski definition) is 5. The molecule has 1 aromatic heterocycles. The van der Waals surface area contributed by atoms with Gasteiger partial charge in [0.05, 0.1) is 16.6 Å². The van der Waals surface area contributed by atoms with E-state index >= 15 is 0 Å². The third-order valence-electron chi connectivity index (χ3n) is 2.71. The minimum absolute atomic E-state index is 0.123. The standard InChI is InChI=1S/C13H23N3O2S/c1-13(2,3)19(17,18)12-7-6-11(10-15-12)14-8-9-16(4)5/h6-7,10,14H,8-9H2,1-5H3. The Kier molecular flexibility index (Phi) is 4.92. The van der Waals surface area contributed by atoms with Crippen LogP contribution in [-0.4, -0.2) is 50.2 Å². The number of nitrogens with one attached hydrogen (secondary N) is 1. The molecule has 0 bridgehead atoms. The number of pyridine rings is 1. The maximum atomic E-state index is 12.2. The van der Waals surface area contributed by atoms with Gasteiger partial charge in [0.1, 0.15) is 0 Å². The lowest BCUT2D eigenvalue weighted by Gasteiger charge is -2.18. The van der Waals surface area contributed by atoms with Gasteiger partial charge in [0.25, 0.3) is 0 Å². The highest BCUT2D eigenvalue weighted by Crippen LogP contribution is 2.23. The van der Waals surface area contributed by atoms with Gasteiger partial charge in [-0.3, -0.25) is 0 Å². The van der Waals surface area contributed by atoms with Crippen molar-refractivity contribution in [1.29, 1.82) is 0 Å². The van der Waals surface area contributed by atoms with Gasteiger partial charge >= 0.3 is 0 Å². The van der Waals surface area contributed by atoms with Crippen molar-refractivity contribution in [1.82, 2.24) is 9.88 Å². The summed E-state index contributed by atoms with van der Waals surface area (Å²) in [7, 11) is 0.624. The van der Waals surface area contributed by atoms with E-state index in [0.717, 1.165) is 18.8 Å². The van der Waals surface area contributed by atoms with Crippen LogP contribution >= 0.6 is 0 Å². The van der Waals surface area contributed by atoms with Crippen LogP contribution in [0.1, 0.15) is 20.8 Å². The van der Waals surface area contributed by atoms with Gasteiger partial charge in [-0.05, 0) is 47.0 Å². The lowest BCUT2D eigenvalue weighted by atomic mass is 10.3. The molecular formula is C13H23N3O2S. The third-order valence-corrected chi connectivity index (χ3v) is 5.11. The third kappa shape index (κ3) is 4.18. The Morgan fingerprint density at radius 2 is 1.89 bits per heavy atom. The van der Waals surface area contributed by atoms with E-state index in [0.29, 0.717) is 0 Å². The summed E-state index contributed by atoms with van der Waals surface area (Å²) >= 11 is 0. The number of anilines is 1. The van der Waals surface area contributed by atoms with Gasteiger partial charge in [-0.15, -0.1) is 0 Å². The van der Waals surface area contributed by atoms with Crippen molar-refractivity contribution in [3.05, 3.63) is 18.3 Å². The molecule has 0 unspecified atom stereocenters. The second-order valence-corrected chi connectivity index (χ2v) is 8.38. The van der Waals surface area contributed by atoms with Crippen molar-refractivity contribution in [2.75, 3.05) is 32.5 Å². The predicted octanol–water partition coefficient (Wildman–Crippen LogP) is 1.63. The summed E-state index contributed by atoms with van der Waals surface area (Å²) in [6.45, 7) is 6.72. The molecule has 0 atom stereocenters. The summed E-state index contributed by atoms with van der Waals surface area (Å²) in [6, 6.07) is 3.31. The van der Waals surface area contributed by atoms with Gasteiger partial charge in [0, 0.05) is 13.1 Å². The summed E-state index contributed by atoms with van der Waals surface area (Å²) in [5.74, 6) is 0. The molecule has 0 amide bonds. The first-order valence-corrected chi connectivity index (χ1v) is 7.72. The van der Waals surface area contributed by atoms with E-state index in [-0.39, 0.29) is 5.03 Å². The van der Waals surface area contributed by atoms with Gasteiger partial charge < -0.3 is 10.2 Å². The molecule has 19 heavy (non-hydrogen) atoms. The normalized spacial score (nSPS) is 12.7. The Hall–Kier alpha value is -1.14. The maximum Gasteiger partial charge on any atom is 0.200 e. The molecule has 0 saturated heterocycles. The Bertz CT molecular complexity index is 502. The van der Waals surface area contributed by atoms with Crippen LogP contribution < -0.4 is 5.32 Å². The predicted molar refractivity (Wildman–Crippen MR) is 78.2 cm³/mol. The van der Waals surface area contributed by atoms with Gasteiger partial charge in [-0.25, -0.2) is 13.4 Å². The zero-order valence-corrected chi connectivity index (χ0v) is 13.1. The fraction of sp³-hybridized carbons (Fsp3) is 0.615. The van der Waals surface area contributed by atoms with Crippen molar-refractivity contribution in [3.63, 3.8) is 0 Å². The Labute approximate surface area is 116 Å². The number of hydrogen-bond donors (Lipinski definition) is 1. The van der Waals surface area contributed by atoms with E-state index in [1.165, 1.54) is 0 Å². The molecule has 0 aliphatic heterocycles. The maximum absolute atomic E-state index is 12.2. The van der Waals surface area contributed by atoms with Gasteiger partial charge in [0.2, 0.25) is 0 Å². The molecule has 1 heterocycles. The number of likely N-dealkylation sites (N-methyl/N-ethyl adjacent to an activating group) is 1. The molecule has 6 heteroatoms. The van der Waals surface area contributed by atoms with Gasteiger partial charge in [-0.2, -0.15) is 0 Å².